The fourth-order valence-corrected chi connectivity index (χ4v) is 5.97. The zero-order valence-corrected chi connectivity index (χ0v) is 25.4. The van der Waals surface area contributed by atoms with Crippen molar-refractivity contribution in [3.05, 3.63) is 114 Å². The number of carbonyl (C=O) groups excluding carboxylic acids is 1. The zero-order chi connectivity index (χ0) is 31.9. The number of ether oxygens (including phenoxy) is 2. The van der Waals surface area contributed by atoms with Crippen molar-refractivity contribution in [2.75, 3.05) is 14.2 Å². The van der Waals surface area contributed by atoms with Crippen LogP contribution in [0, 0.1) is 11.8 Å². The van der Waals surface area contributed by atoms with E-state index < -0.39 is 12.0 Å². The molecular formula is C37H38NO7-. The molecule has 0 amide bonds. The van der Waals surface area contributed by atoms with E-state index in [1.165, 1.54) is 14.2 Å². The minimum atomic E-state index is -0.964. The summed E-state index contributed by atoms with van der Waals surface area (Å²) >= 11 is 0. The van der Waals surface area contributed by atoms with Crippen molar-refractivity contribution in [3.8, 4) is 28.7 Å². The molecule has 0 saturated heterocycles. The molecule has 0 radical (unpaired) electrons. The normalized spacial score (nSPS) is 13.3. The number of aliphatic hydroxyl groups is 1. The largest absolute Gasteiger partial charge is 0.670 e. The second-order valence-electron chi connectivity index (χ2n) is 11.5. The number of ketones is 1. The van der Waals surface area contributed by atoms with Gasteiger partial charge in [-0.3, -0.25) is 4.79 Å². The van der Waals surface area contributed by atoms with Crippen LogP contribution in [0.3, 0.4) is 0 Å². The van der Waals surface area contributed by atoms with Gasteiger partial charge in [-0.05, 0) is 84.0 Å². The summed E-state index contributed by atoms with van der Waals surface area (Å²) in [5, 5.41) is 44.1. The lowest BCUT2D eigenvalue weighted by molar-refractivity contribution is -0.125. The number of nitrogens with zero attached hydrogens (tertiary/aromatic N) is 1. The molecule has 1 heterocycles. The first-order chi connectivity index (χ1) is 21.7. The smallest absolute Gasteiger partial charge is 0.160 e. The molecule has 1 aromatic heterocycles. The van der Waals surface area contributed by atoms with Crippen LogP contribution in [0.1, 0.15) is 28.7 Å². The number of methoxy groups -OCH3 is 2. The maximum Gasteiger partial charge on any atom is 0.160 e. The Balaban J connectivity index is 1.42. The van der Waals surface area contributed by atoms with Crippen molar-refractivity contribution in [2.24, 2.45) is 11.8 Å². The molecule has 234 valence electrons. The van der Waals surface area contributed by atoms with Gasteiger partial charge in [0.15, 0.2) is 23.0 Å². The van der Waals surface area contributed by atoms with Gasteiger partial charge in [0.25, 0.3) is 0 Å². The SMILES string of the molecule is COc1cc(CC(Cc2cc(O)c3ccccc3c2)C(=O)CC(O)C(Cc2cc[n-]c2)Cc2ccc(O)c(OC)c2)ccc1O. The average Bonchev–Trinajstić information content (AvgIpc) is 3.55. The van der Waals surface area contributed by atoms with Gasteiger partial charge in [0.05, 0.1) is 20.3 Å². The van der Waals surface area contributed by atoms with Crippen molar-refractivity contribution in [2.45, 2.75) is 38.2 Å². The van der Waals surface area contributed by atoms with Gasteiger partial charge in [0.2, 0.25) is 0 Å². The predicted molar refractivity (Wildman–Crippen MR) is 172 cm³/mol. The van der Waals surface area contributed by atoms with Crippen molar-refractivity contribution in [1.82, 2.24) is 4.98 Å². The molecule has 0 aliphatic carbocycles. The number of aromatic nitrogens is 1. The quantitative estimate of drug-likeness (QED) is 0.125. The highest BCUT2D eigenvalue weighted by Crippen LogP contribution is 2.33. The Kier molecular flexibility index (Phi) is 9.95. The van der Waals surface area contributed by atoms with E-state index in [1.807, 2.05) is 36.4 Å². The molecule has 3 atom stereocenters. The third kappa shape index (κ3) is 7.77. The summed E-state index contributed by atoms with van der Waals surface area (Å²) in [5.74, 6) is -0.109. The van der Waals surface area contributed by atoms with E-state index in [9.17, 15) is 25.2 Å². The highest BCUT2D eigenvalue weighted by atomic mass is 16.5. The first-order valence-corrected chi connectivity index (χ1v) is 14.9. The van der Waals surface area contributed by atoms with Crippen LogP contribution in [0.4, 0.5) is 0 Å². The lowest BCUT2D eigenvalue weighted by Gasteiger charge is -2.25. The molecule has 0 fully saturated rings. The number of Topliss-reactive ketones (excluding diaryl/α,β-unsaturated/α-hetero) is 1. The summed E-state index contributed by atoms with van der Waals surface area (Å²) in [4.78, 5) is 18.2. The van der Waals surface area contributed by atoms with E-state index in [0.717, 1.165) is 33.0 Å². The molecule has 4 N–H and O–H groups in total. The predicted octanol–water partition coefficient (Wildman–Crippen LogP) is 5.75. The van der Waals surface area contributed by atoms with Gasteiger partial charge in [0.1, 0.15) is 11.5 Å². The minimum absolute atomic E-state index is 0.00899. The maximum atomic E-state index is 14.1. The Morgan fingerprint density at radius 2 is 1.33 bits per heavy atom. The Bertz CT molecular complexity index is 1750. The second-order valence-corrected chi connectivity index (χ2v) is 11.5. The minimum Gasteiger partial charge on any atom is -0.670 e. The number of fused-ring (bicyclic) bond motifs is 1. The highest BCUT2D eigenvalue weighted by molar-refractivity contribution is 5.89. The van der Waals surface area contributed by atoms with Gasteiger partial charge in [-0.25, -0.2) is 0 Å². The van der Waals surface area contributed by atoms with Crippen LogP contribution < -0.4 is 14.5 Å². The van der Waals surface area contributed by atoms with Crippen LogP contribution in [-0.4, -0.2) is 46.5 Å². The van der Waals surface area contributed by atoms with E-state index in [4.69, 9.17) is 9.47 Å². The van der Waals surface area contributed by atoms with Crippen molar-refractivity contribution < 1.29 is 34.7 Å². The Hall–Kier alpha value is -4.95. The molecule has 3 unspecified atom stereocenters. The molecule has 4 aromatic carbocycles. The molecular weight excluding hydrogens is 570 g/mol. The van der Waals surface area contributed by atoms with Gasteiger partial charge < -0.3 is 34.9 Å². The first-order valence-electron chi connectivity index (χ1n) is 14.9. The van der Waals surface area contributed by atoms with Crippen molar-refractivity contribution in [1.29, 1.82) is 0 Å². The van der Waals surface area contributed by atoms with E-state index in [-0.39, 0.29) is 35.4 Å². The third-order valence-corrected chi connectivity index (χ3v) is 8.37. The van der Waals surface area contributed by atoms with Crippen molar-refractivity contribution >= 4 is 16.6 Å². The van der Waals surface area contributed by atoms with Gasteiger partial charge in [-0.1, -0.05) is 54.1 Å². The molecule has 45 heavy (non-hydrogen) atoms. The average molecular weight is 609 g/mol. The first kappa shape index (κ1) is 31.5. The molecule has 5 rings (SSSR count). The molecule has 8 nitrogen and oxygen atoms in total. The van der Waals surface area contributed by atoms with E-state index >= 15 is 0 Å². The molecule has 8 heteroatoms. The monoisotopic (exact) mass is 608 g/mol. The number of aromatic hydroxyl groups is 3. The number of rotatable bonds is 14. The fraction of sp³-hybridized carbons (Fsp3) is 0.270. The van der Waals surface area contributed by atoms with E-state index in [2.05, 4.69) is 4.98 Å². The number of hydrogen-bond donors (Lipinski definition) is 4. The molecule has 5 aromatic rings. The van der Waals surface area contributed by atoms with Crippen LogP contribution >= 0.6 is 0 Å². The van der Waals surface area contributed by atoms with Gasteiger partial charge in [0, 0.05) is 17.7 Å². The van der Waals surface area contributed by atoms with Crippen LogP contribution in [-0.2, 0) is 30.5 Å². The Labute approximate surface area is 262 Å². The highest BCUT2D eigenvalue weighted by Gasteiger charge is 2.28. The van der Waals surface area contributed by atoms with Gasteiger partial charge >= 0.3 is 0 Å². The zero-order valence-electron chi connectivity index (χ0n) is 25.4. The van der Waals surface area contributed by atoms with Crippen LogP contribution in [0.25, 0.3) is 10.8 Å². The summed E-state index contributed by atoms with van der Waals surface area (Å²) in [6, 6.07) is 23.2. The molecule has 0 spiro atoms. The third-order valence-electron chi connectivity index (χ3n) is 8.37. The molecule has 0 aliphatic heterocycles. The van der Waals surface area contributed by atoms with Gasteiger partial charge in [-0.15, -0.1) is 0 Å². The standard InChI is InChI=1S/C37H38NO7/c1-44-36-19-23(7-9-31(36)39)13-28(15-25-11-12-38-22-25)33(41)21-34(42)29(14-24-8-10-32(40)37(20-24)45-2)17-26-16-27-5-3-4-6-30(27)35(43)18-26/h3-12,16,18-20,22,28-29,33,39-41,43H,13-15,17,21H2,1-2H3/q-1. The van der Waals surface area contributed by atoms with E-state index in [1.54, 1.807) is 54.9 Å². The number of hydrogen-bond acceptors (Lipinski definition) is 7. The molecule has 0 saturated carbocycles. The molecule has 0 aliphatic rings. The Morgan fingerprint density at radius 1 is 0.711 bits per heavy atom. The number of phenols is 3. The summed E-state index contributed by atoms with van der Waals surface area (Å²) in [5.41, 5.74) is 3.43. The van der Waals surface area contributed by atoms with Crippen LogP contribution in [0.15, 0.2) is 91.3 Å². The maximum absolute atomic E-state index is 14.1. The second kappa shape index (κ2) is 14.2. The number of benzene rings is 4. The Morgan fingerprint density at radius 3 is 1.98 bits per heavy atom. The summed E-state index contributed by atoms with van der Waals surface area (Å²) < 4.78 is 10.6. The lowest BCUT2D eigenvalue weighted by Crippen LogP contribution is -2.31. The van der Waals surface area contributed by atoms with Gasteiger partial charge in [-0.2, -0.15) is 12.4 Å². The summed E-state index contributed by atoms with van der Waals surface area (Å²) in [6.45, 7) is 0. The summed E-state index contributed by atoms with van der Waals surface area (Å²) in [6.07, 6.45) is 4.08. The summed E-state index contributed by atoms with van der Waals surface area (Å²) in [7, 11) is 2.96. The van der Waals surface area contributed by atoms with Crippen LogP contribution in [0.5, 0.6) is 28.7 Å². The number of phenolic OH excluding ortho intramolecular Hbond substituents is 3. The van der Waals surface area contributed by atoms with Crippen LogP contribution in [0.2, 0.25) is 0 Å². The lowest BCUT2D eigenvalue weighted by atomic mass is 9.82. The molecule has 0 bridgehead atoms. The fourth-order valence-electron chi connectivity index (χ4n) is 5.97. The van der Waals surface area contributed by atoms with E-state index in [0.29, 0.717) is 37.2 Å². The number of carbonyl (C=O) groups is 1. The topological polar surface area (TPSA) is 131 Å². The number of aliphatic hydroxyl groups excluding tert-OH is 1. The van der Waals surface area contributed by atoms with Crippen molar-refractivity contribution in [3.63, 3.8) is 0 Å².